The van der Waals surface area contributed by atoms with Crippen molar-refractivity contribution < 1.29 is 9.21 Å². The number of furan rings is 1. The molecule has 0 N–H and O–H groups in total. The summed E-state index contributed by atoms with van der Waals surface area (Å²) in [6, 6.07) is 7.25. The number of carbonyl (C=O) groups excluding carboxylic acids is 1. The molecule has 1 saturated heterocycles. The van der Waals surface area contributed by atoms with Crippen LogP contribution in [0.15, 0.2) is 46.0 Å². The van der Waals surface area contributed by atoms with Crippen LogP contribution in [0.5, 0.6) is 0 Å². The van der Waals surface area contributed by atoms with Crippen LogP contribution in [0.2, 0.25) is 0 Å². The van der Waals surface area contributed by atoms with Crippen molar-refractivity contribution in [2.24, 2.45) is 0 Å². The lowest BCUT2D eigenvalue weighted by molar-refractivity contribution is -0.113. The predicted molar refractivity (Wildman–Crippen MR) is 83.3 cm³/mol. The van der Waals surface area contributed by atoms with E-state index >= 15 is 0 Å². The van der Waals surface area contributed by atoms with E-state index in [1.54, 1.807) is 30.6 Å². The lowest BCUT2D eigenvalue weighted by Gasteiger charge is -2.13. The minimum atomic E-state index is -0.151. The molecule has 3 heterocycles. The molecular formula is C14H10N2O2S2. The first-order valence-electron chi connectivity index (χ1n) is 5.89. The Morgan fingerprint density at radius 3 is 2.90 bits per heavy atom. The highest BCUT2D eigenvalue weighted by atomic mass is 32.2. The highest BCUT2D eigenvalue weighted by Crippen LogP contribution is 2.35. The third-order valence-electron chi connectivity index (χ3n) is 2.73. The first-order valence-corrected chi connectivity index (χ1v) is 7.12. The summed E-state index contributed by atoms with van der Waals surface area (Å²) in [6.45, 7) is 1.86. The zero-order chi connectivity index (χ0) is 14.1. The van der Waals surface area contributed by atoms with E-state index in [1.165, 1.54) is 16.7 Å². The second-order valence-electron chi connectivity index (χ2n) is 4.18. The first kappa shape index (κ1) is 13.1. The molecular weight excluding hydrogens is 292 g/mol. The molecule has 0 spiro atoms. The van der Waals surface area contributed by atoms with Gasteiger partial charge in [0.05, 0.1) is 16.8 Å². The summed E-state index contributed by atoms with van der Waals surface area (Å²) in [4.78, 5) is 18.4. The molecule has 1 amide bonds. The Morgan fingerprint density at radius 2 is 2.25 bits per heavy atom. The van der Waals surface area contributed by atoms with Crippen molar-refractivity contribution in [2.75, 3.05) is 4.90 Å². The third-order valence-corrected chi connectivity index (χ3v) is 4.03. The van der Waals surface area contributed by atoms with Crippen LogP contribution >= 0.6 is 24.0 Å². The number of hydrogen-bond donors (Lipinski definition) is 0. The van der Waals surface area contributed by atoms with Gasteiger partial charge in [-0.3, -0.25) is 14.7 Å². The number of hydrogen-bond acceptors (Lipinski definition) is 5. The van der Waals surface area contributed by atoms with Gasteiger partial charge >= 0.3 is 0 Å². The van der Waals surface area contributed by atoms with Gasteiger partial charge < -0.3 is 4.42 Å². The Morgan fingerprint density at radius 1 is 1.40 bits per heavy atom. The number of thiocarbonyl (C=S) groups is 1. The zero-order valence-corrected chi connectivity index (χ0v) is 12.2. The van der Waals surface area contributed by atoms with Gasteiger partial charge in [0.25, 0.3) is 5.91 Å². The molecule has 20 heavy (non-hydrogen) atoms. The molecule has 1 aliphatic rings. The van der Waals surface area contributed by atoms with Crippen molar-refractivity contribution in [3.8, 4) is 0 Å². The average Bonchev–Trinajstić information content (AvgIpc) is 2.96. The number of amides is 1. The van der Waals surface area contributed by atoms with Gasteiger partial charge in [0, 0.05) is 12.3 Å². The summed E-state index contributed by atoms with van der Waals surface area (Å²) in [6.07, 6.45) is 4.98. The molecule has 2 aromatic heterocycles. The van der Waals surface area contributed by atoms with E-state index in [1.807, 2.05) is 19.1 Å². The molecule has 4 nitrogen and oxygen atoms in total. The largest absolute Gasteiger partial charge is 0.462 e. The fourth-order valence-electron chi connectivity index (χ4n) is 1.84. The molecule has 100 valence electrons. The van der Waals surface area contributed by atoms with Gasteiger partial charge in [-0.25, -0.2) is 0 Å². The van der Waals surface area contributed by atoms with Gasteiger partial charge in [-0.2, -0.15) is 0 Å². The van der Waals surface area contributed by atoms with Crippen molar-refractivity contribution in [3.63, 3.8) is 0 Å². The number of nitrogens with zero attached hydrogens (tertiary/aromatic N) is 2. The van der Waals surface area contributed by atoms with Gasteiger partial charge in [-0.05, 0) is 31.2 Å². The van der Waals surface area contributed by atoms with Crippen LogP contribution in [-0.4, -0.2) is 15.2 Å². The smallest absolute Gasteiger partial charge is 0.270 e. The second kappa shape index (κ2) is 5.22. The van der Waals surface area contributed by atoms with Crippen molar-refractivity contribution in [1.82, 2.24) is 4.98 Å². The lowest BCUT2D eigenvalue weighted by atomic mass is 10.3. The Kier molecular flexibility index (Phi) is 3.42. The van der Waals surface area contributed by atoms with E-state index in [-0.39, 0.29) is 5.91 Å². The third kappa shape index (κ3) is 2.39. The Bertz CT molecular complexity index is 707. The quantitative estimate of drug-likeness (QED) is 0.628. The molecule has 0 aromatic carbocycles. The van der Waals surface area contributed by atoms with Gasteiger partial charge in [-0.15, -0.1) is 0 Å². The van der Waals surface area contributed by atoms with E-state index in [9.17, 15) is 4.79 Å². The van der Waals surface area contributed by atoms with Crippen molar-refractivity contribution in [2.45, 2.75) is 6.92 Å². The highest BCUT2D eigenvalue weighted by Gasteiger charge is 2.33. The Hall–Kier alpha value is -1.92. The molecule has 0 unspecified atom stereocenters. The van der Waals surface area contributed by atoms with Crippen molar-refractivity contribution >= 4 is 46.0 Å². The standard InChI is InChI=1S/C14H10N2O2S2/c1-9-4-5-11(18-9)7-12-13(17)16(14(19)20-12)10-3-2-6-15-8-10/h2-8H,1H3/b12-7-. The summed E-state index contributed by atoms with van der Waals surface area (Å²) >= 11 is 6.53. The molecule has 0 radical (unpaired) electrons. The van der Waals surface area contributed by atoms with Crippen LogP contribution in [0.3, 0.4) is 0 Å². The van der Waals surface area contributed by atoms with Crippen LogP contribution in [0.1, 0.15) is 11.5 Å². The highest BCUT2D eigenvalue weighted by molar-refractivity contribution is 8.27. The average molecular weight is 302 g/mol. The SMILES string of the molecule is Cc1ccc(/C=C2\SC(=S)N(c3cccnc3)C2=O)o1. The number of anilines is 1. The molecule has 3 rings (SSSR count). The van der Waals surface area contributed by atoms with E-state index in [0.717, 1.165) is 5.76 Å². The molecule has 6 heteroatoms. The number of aryl methyl sites for hydroxylation is 1. The Balaban J connectivity index is 1.93. The summed E-state index contributed by atoms with van der Waals surface area (Å²) < 4.78 is 5.95. The molecule has 0 saturated carbocycles. The molecule has 0 atom stereocenters. The first-order chi connectivity index (χ1) is 9.65. The van der Waals surface area contributed by atoms with Crippen LogP contribution in [0, 0.1) is 6.92 Å². The fraction of sp³-hybridized carbons (Fsp3) is 0.0714. The van der Waals surface area contributed by atoms with Crippen LogP contribution in [0.25, 0.3) is 6.08 Å². The maximum atomic E-state index is 12.4. The van der Waals surface area contributed by atoms with E-state index < -0.39 is 0 Å². The van der Waals surface area contributed by atoms with Crippen molar-refractivity contribution in [1.29, 1.82) is 0 Å². The van der Waals surface area contributed by atoms with Gasteiger partial charge in [0.15, 0.2) is 4.32 Å². The zero-order valence-electron chi connectivity index (χ0n) is 10.6. The maximum Gasteiger partial charge on any atom is 0.270 e. The van der Waals surface area contributed by atoms with Crippen LogP contribution in [-0.2, 0) is 4.79 Å². The number of rotatable bonds is 2. The van der Waals surface area contributed by atoms with E-state index in [4.69, 9.17) is 16.6 Å². The molecule has 1 aliphatic heterocycles. The van der Waals surface area contributed by atoms with Crippen LogP contribution < -0.4 is 4.90 Å². The molecule has 1 fully saturated rings. The summed E-state index contributed by atoms with van der Waals surface area (Å²) in [5.74, 6) is 1.30. The monoisotopic (exact) mass is 302 g/mol. The van der Waals surface area contributed by atoms with E-state index in [2.05, 4.69) is 4.98 Å². The van der Waals surface area contributed by atoms with Crippen molar-refractivity contribution in [3.05, 3.63) is 53.1 Å². The summed E-state index contributed by atoms with van der Waals surface area (Å²) in [7, 11) is 0. The molecule has 2 aromatic rings. The topological polar surface area (TPSA) is 46.3 Å². The fourth-order valence-corrected chi connectivity index (χ4v) is 3.12. The minimum absolute atomic E-state index is 0.151. The van der Waals surface area contributed by atoms with Gasteiger partial charge in [0.1, 0.15) is 11.5 Å². The molecule has 0 aliphatic carbocycles. The predicted octanol–water partition coefficient (Wildman–Crippen LogP) is 3.39. The molecule has 0 bridgehead atoms. The van der Waals surface area contributed by atoms with Gasteiger partial charge in [-0.1, -0.05) is 24.0 Å². The van der Waals surface area contributed by atoms with Gasteiger partial charge in [0.2, 0.25) is 0 Å². The summed E-state index contributed by atoms with van der Waals surface area (Å²) in [5.41, 5.74) is 0.675. The normalized spacial score (nSPS) is 17.2. The van der Waals surface area contributed by atoms with Crippen LogP contribution in [0.4, 0.5) is 5.69 Å². The minimum Gasteiger partial charge on any atom is -0.462 e. The number of aromatic nitrogens is 1. The summed E-state index contributed by atoms with van der Waals surface area (Å²) in [5, 5.41) is 0. The van der Waals surface area contributed by atoms with E-state index in [0.29, 0.717) is 20.7 Å². The number of pyridine rings is 1. The second-order valence-corrected chi connectivity index (χ2v) is 5.85. The number of carbonyl (C=O) groups is 1. The Labute approximate surface area is 125 Å². The number of thioether (sulfide) groups is 1. The maximum absolute atomic E-state index is 12.4. The lowest BCUT2D eigenvalue weighted by Crippen LogP contribution is -2.27.